The molecule has 0 aliphatic carbocycles. The first-order valence-corrected chi connectivity index (χ1v) is 17.9. The summed E-state index contributed by atoms with van der Waals surface area (Å²) >= 11 is 1.86. The molecule has 0 saturated heterocycles. The number of hydrogen-bond donors (Lipinski definition) is 0. The van der Waals surface area contributed by atoms with E-state index in [1.165, 1.54) is 74.7 Å². The Morgan fingerprint density at radius 1 is 0.320 bits per heavy atom. The monoisotopic (exact) mass is 653 g/mol. The van der Waals surface area contributed by atoms with Gasteiger partial charge in [0.2, 0.25) is 0 Å². The third-order valence-electron chi connectivity index (χ3n) is 10.0. The Bertz CT molecular complexity index is 2850. The predicted molar refractivity (Wildman–Crippen MR) is 217 cm³/mol. The molecule has 0 amide bonds. The molecule has 0 aliphatic rings. The van der Waals surface area contributed by atoms with Crippen molar-refractivity contribution in [3.05, 3.63) is 188 Å². The molecule has 0 aliphatic heterocycles. The zero-order valence-electron chi connectivity index (χ0n) is 27.3. The van der Waals surface area contributed by atoms with Crippen LogP contribution in [-0.4, -0.2) is 0 Å². The van der Waals surface area contributed by atoms with Crippen LogP contribution in [-0.2, 0) is 0 Å². The van der Waals surface area contributed by atoms with Gasteiger partial charge >= 0.3 is 0 Å². The van der Waals surface area contributed by atoms with E-state index in [-0.39, 0.29) is 0 Å². The quantitative estimate of drug-likeness (QED) is 0.167. The standard InChI is InChI=1S/C48H31NS/c1-2-10-32(11-3-1)33-18-23-37(24-19-33)49(39-27-29-43-42-16-8-9-17-46(42)50-47(43)31-39)38-25-20-35(21-26-38)45-30-36-13-5-6-14-40(36)44-28-22-34-12-4-7-15-41(34)48(44)45/h1-31H. The molecule has 0 radical (unpaired) electrons. The van der Waals surface area contributed by atoms with Crippen LogP contribution < -0.4 is 4.90 Å². The molecule has 1 nitrogen and oxygen atoms in total. The zero-order chi connectivity index (χ0) is 33.0. The summed E-state index contributed by atoms with van der Waals surface area (Å²) in [7, 11) is 0. The number of benzene rings is 9. The number of hydrogen-bond acceptors (Lipinski definition) is 2. The fourth-order valence-corrected chi connectivity index (χ4v) is 8.77. The lowest BCUT2D eigenvalue weighted by atomic mass is 9.90. The highest BCUT2D eigenvalue weighted by atomic mass is 32.1. The molecule has 1 heterocycles. The number of rotatable bonds is 5. The summed E-state index contributed by atoms with van der Waals surface area (Å²) in [5.74, 6) is 0. The summed E-state index contributed by atoms with van der Waals surface area (Å²) in [6.07, 6.45) is 0. The van der Waals surface area contributed by atoms with Crippen LogP contribution in [0.3, 0.4) is 0 Å². The van der Waals surface area contributed by atoms with Crippen LogP contribution in [0.15, 0.2) is 188 Å². The lowest BCUT2D eigenvalue weighted by Crippen LogP contribution is -2.09. The first kappa shape index (κ1) is 28.8. The second kappa shape index (κ2) is 11.7. The molecule has 2 heteroatoms. The topological polar surface area (TPSA) is 3.24 Å². The molecule has 10 rings (SSSR count). The van der Waals surface area contributed by atoms with Crippen molar-refractivity contribution < 1.29 is 0 Å². The van der Waals surface area contributed by atoms with Crippen molar-refractivity contribution in [2.24, 2.45) is 0 Å². The summed E-state index contributed by atoms with van der Waals surface area (Å²) in [6.45, 7) is 0. The van der Waals surface area contributed by atoms with E-state index in [1.807, 2.05) is 11.3 Å². The first-order valence-electron chi connectivity index (χ1n) is 17.1. The zero-order valence-corrected chi connectivity index (χ0v) is 28.1. The molecule has 0 atom stereocenters. The Morgan fingerprint density at radius 2 is 0.880 bits per heavy atom. The molecule has 0 spiro atoms. The third kappa shape index (κ3) is 4.76. The molecular formula is C48H31NS. The minimum Gasteiger partial charge on any atom is -0.310 e. The van der Waals surface area contributed by atoms with E-state index in [0.717, 1.165) is 17.1 Å². The molecule has 0 N–H and O–H groups in total. The minimum atomic E-state index is 1.12. The average Bonchev–Trinajstić information content (AvgIpc) is 3.56. The van der Waals surface area contributed by atoms with Gasteiger partial charge in [0.15, 0.2) is 0 Å². The van der Waals surface area contributed by atoms with Gasteiger partial charge in [-0.3, -0.25) is 0 Å². The van der Waals surface area contributed by atoms with Gasteiger partial charge in [0, 0.05) is 37.2 Å². The van der Waals surface area contributed by atoms with Crippen molar-refractivity contribution >= 4 is 80.9 Å². The molecule has 0 unspecified atom stereocenters. The molecular weight excluding hydrogens is 623 g/mol. The Morgan fingerprint density at radius 3 is 1.66 bits per heavy atom. The molecule has 234 valence electrons. The van der Waals surface area contributed by atoms with E-state index in [0.29, 0.717) is 0 Å². The van der Waals surface area contributed by atoms with Crippen molar-refractivity contribution in [3.63, 3.8) is 0 Å². The van der Waals surface area contributed by atoms with Crippen molar-refractivity contribution in [1.82, 2.24) is 0 Å². The van der Waals surface area contributed by atoms with Crippen molar-refractivity contribution in [2.75, 3.05) is 4.90 Å². The fraction of sp³-hybridized carbons (Fsp3) is 0. The largest absolute Gasteiger partial charge is 0.310 e. The van der Waals surface area contributed by atoms with Gasteiger partial charge in [0.1, 0.15) is 0 Å². The summed E-state index contributed by atoms with van der Waals surface area (Å²) in [4.78, 5) is 2.39. The molecule has 1 aromatic heterocycles. The van der Waals surface area contributed by atoms with E-state index >= 15 is 0 Å². The van der Waals surface area contributed by atoms with Gasteiger partial charge in [-0.25, -0.2) is 0 Å². The summed E-state index contributed by atoms with van der Waals surface area (Å²) in [6, 6.07) is 68.7. The minimum absolute atomic E-state index is 1.12. The fourth-order valence-electron chi connectivity index (χ4n) is 7.63. The van der Waals surface area contributed by atoms with Gasteiger partial charge in [0.05, 0.1) is 0 Å². The molecule has 9 aromatic carbocycles. The Hall–Kier alpha value is -6.22. The van der Waals surface area contributed by atoms with Crippen LogP contribution in [0.2, 0.25) is 0 Å². The maximum absolute atomic E-state index is 2.39. The molecule has 0 fully saturated rings. The lowest BCUT2D eigenvalue weighted by molar-refractivity contribution is 1.29. The van der Waals surface area contributed by atoms with E-state index < -0.39 is 0 Å². The highest BCUT2D eigenvalue weighted by Gasteiger charge is 2.17. The number of fused-ring (bicyclic) bond motifs is 8. The molecule has 0 bridgehead atoms. The van der Waals surface area contributed by atoms with Gasteiger partial charge in [-0.1, -0.05) is 140 Å². The van der Waals surface area contributed by atoms with E-state index in [1.54, 1.807) is 0 Å². The van der Waals surface area contributed by atoms with Crippen molar-refractivity contribution in [1.29, 1.82) is 0 Å². The number of thiophene rings is 1. The van der Waals surface area contributed by atoms with Crippen LogP contribution in [0.1, 0.15) is 0 Å². The van der Waals surface area contributed by atoms with Crippen LogP contribution in [0.25, 0.3) is 74.7 Å². The maximum atomic E-state index is 2.39. The smallest absolute Gasteiger partial charge is 0.0476 e. The van der Waals surface area contributed by atoms with Crippen LogP contribution in [0.5, 0.6) is 0 Å². The number of anilines is 3. The normalized spacial score (nSPS) is 11.6. The van der Waals surface area contributed by atoms with E-state index in [4.69, 9.17) is 0 Å². The molecule has 50 heavy (non-hydrogen) atoms. The van der Waals surface area contributed by atoms with Crippen LogP contribution in [0, 0.1) is 0 Å². The second-order valence-corrected chi connectivity index (χ2v) is 14.0. The Kier molecular flexibility index (Phi) is 6.75. The van der Waals surface area contributed by atoms with Crippen LogP contribution >= 0.6 is 11.3 Å². The van der Waals surface area contributed by atoms with Crippen molar-refractivity contribution in [2.45, 2.75) is 0 Å². The van der Waals surface area contributed by atoms with Gasteiger partial charge in [-0.2, -0.15) is 0 Å². The van der Waals surface area contributed by atoms with E-state index in [9.17, 15) is 0 Å². The second-order valence-electron chi connectivity index (χ2n) is 12.9. The highest BCUT2D eigenvalue weighted by Crippen LogP contribution is 2.43. The maximum Gasteiger partial charge on any atom is 0.0476 e. The Balaban J connectivity index is 1.13. The average molecular weight is 654 g/mol. The summed E-state index contributed by atoms with van der Waals surface area (Å²) in [5, 5.41) is 10.3. The molecule has 0 saturated carbocycles. The predicted octanol–water partition coefficient (Wildman–Crippen LogP) is 14.3. The summed E-state index contributed by atoms with van der Waals surface area (Å²) < 4.78 is 2.61. The van der Waals surface area contributed by atoms with Gasteiger partial charge in [-0.05, 0) is 103 Å². The van der Waals surface area contributed by atoms with Crippen molar-refractivity contribution in [3.8, 4) is 22.3 Å². The first-order chi connectivity index (χ1) is 24.8. The lowest BCUT2D eigenvalue weighted by Gasteiger charge is -2.26. The number of nitrogens with zero attached hydrogens (tertiary/aromatic N) is 1. The van der Waals surface area contributed by atoms with E-state index in [2.05, 4.69) is 193 Å². The summed E-state index contributed by atoms with van der Waals surface area (Å²) in [5.41, 5.74) is 8.28. The van der Waals surface area contributed by atoms with Gasteiger partial charge < -0.3 is 4.90 Å². The van der Waals surface area contributed by atoms with Crippen LogP contribution in [0.4, 0.5) is 17.1 Å². The Labute approximate surface area is 294 Å². The SMILES string of the molecule is c1ccc(-c2ccc(N(c3ccc(-c4cc5ccccc5c5ccc6ccccc6c45)cc3)c3ccc4c(c3)sc3ccccc34)cc2)cc1. The molecule has 10 aromatic rings. The third-order valence-corrected chi connectivity index (χ3v) is 11.2. The highest BCUT2D eigenvalue weighted by molar-refractivity contribution is 7.25. The van der Waals surface area contributed by atoms with Gasteiger partial charge in [0.25, 0.3) is 0 Å². The van der Waals surface area contributed by atoms with Gasteiger partial charge in [-0.15, -0.1) is 11.3 Å².